The van der Waals surface area contributed by atoms with E-state index in [4.69, 9.17) is 4.74 Å². The van der Waals surface area contributed by atoms with E-state index in [0.717, 1.165) is 16.2 Å². The summed E-state index contributed by atoms with van der Waals surface area (Å²) in [5.74, 6) is 0.823. The molecule has 0 N–H and O–H groups in total. The van der Waals surface area contributed by atoms with Crippen molar-refractivity contribution in [3.8, 4) is 5.75 Å². The summed E-state index contributed by atoms with van der Waals surface area (Å²) in [5, 5.41) is 1.91. The van der Waals surface area contributed by atoms with Crippen LogP contribution in [0.25, 0.3) is 0 Å². The van der Waals surface area contributed by atoms with Gasteiger partial charge in [-0.15, -0.1) is 11.3 Å². The smallest absolute Gasteiger partial charge is 0.202 e. The number of carbonyl (C=O) groups excluding carboxylic acids is 1. The highest BCUT2D eigenvalue weighted by Crippen LogP contribution is 2.19. The third kappa shape index (κ3) is 3.43. The van der Waals surface area contributed by atoms with E-state index in [1.807, 2.05) is 41.8 Å². The number of ketones is 1. The fourth-order valence-corrected chi connectivity index (χ4v) is 2.79. The predicted octanol–water partition coefficient (Wildman–Crippen LogP) is 4.87. The Morgan fingerprint density at radius 1 is 1.00 bits per heavy atom. The molecule has 0 saturated heterocycles. The van der Waals surface area contributed by atoms with Crippen molar-refractivity contribution in [3.05, 3.63) is 87.6 Å². The van der Waals surface area contributed by atoms with Gasteiger partial charge < -0.3 is 4.74 Å². The molecule has 3 aromatic rings. The Bertz CT molecular complexity index is 741. The first-order valence-electron chi connectivity index (χ1n) is 7.09. The Morgan fingerprint density at radius 3 is 2.36 bits per heavy atom. The van der Waals surface area contributed by atoms with Crippen LogP contribution in [0.4, 0.5) is 0 Å². The van der Waals surface area contributed by atoms with Crippen molar-refractivity contribution >= 4 is 17.1 Å². The summed E-state index contributed by atoms with van der Waals surface area (Å²) in [6, 6.07) is 19.3. The molecule has 0 saturated carbocycles. The van der Waals surface area contributed by atoms with Crippen molar-refractivity contribution in [3.63, 3.8) is 0 Å². The summed E-state index contributed by atoms with van der Waals surface area (Å²) in [7, 11) is 0. The van der Waals surface area contributed by atoms with Gasteiger partial charge >= 0.3 is 0 Å². The molecule has 0 amide bonds. The Balaban J connectivity index is 1.64. The highest BCUT2D eigenvalue weighted by Gasteiger charge is 2.09. The van der Waals surface area contributed by atoms with Gasteiger partial charge in [0, 0.05) is 5.56 Å². The number of thiophene rings is 1. The van der Waals surface area contributed by atoms with Crippen LogP contribution in [0.5, 0.6) is 5.75 Å². The first-order valence-corrected chi connectivity index (χ1v) is 7.97. The molecule has 0 aliphatic heterocycles. The normalized spacial score (nSPS) is 10.4. The molecule has 0 fully saturated rings. The van der Waals surface area contributed by atoms with E-state index in [-0.39, 0.29) is 5.78 Å². The van der Waals surface area contributed by atoms with E-state index >= 15 is 0 Å². The number of hydrogen-bond acceptors (Lipinski definition) is 3. The van der Waals surface area contributed by atoms with E-state index in [1.54, 1.807) is 0 Å². The molecule has 0 aliphatic carbocycles. The summed E-state index contributed by atoms with van der Waals surface area (Å²) < 4.78 is 5.75. The molecule has 1 heterocycles. The second-order valence-corrected chi connectivity index (χ2v) is 6.05. The highest BCUT2D eigenvalue weighted by atomic mass is 32.1. The van der Waals surface area contributed by atoms with Gasteiger partial charge in [-0.25, -0.2) is 0 Å². The summed E-state index contributed by atoms with van der Waals surface area (Å²) in [4.78, 5) is 13.0. The summed E-state index contributed by atoms with van der Waals surface area (Å²) >= 11 is 1.46. The topological polar surface area (TPSA) is 26.3 Å². The van der Waals surface area contributed by atoms with Crippen LogP contribution in [-0.4, -0.2) is 5.78 Å². The van der Waals surface area contributed by atoms with Gasteiger partial charge in [0.2, 0.25) is 5.78 Å². The van der Waals surface area contributed by atoms with Crippen LogP contribution in [0.1, 0.15) is 26.4 Å². The van der Waals surface area contributed by atoms with Gasteiger partial charge in [0.1, 0.15) is 12.4 Å². The molecular formula is C19H16O2S. The van der Waals surface area contributed by atoms with Gasteiger partial charge in [0.05, 0.1) is 4.88 Å². The third-order valence-corrected chi connectivity index (χ3v) is 4.26. The van der Waals surface area contributed by atoms with E-state index in [0.29, 0.717) is 12.2 Å². The van der Waals surface area contributed by atoms with Crippen molar-refractivity contribution in [2.45, 2.75) is 13.5 Å². The molecule has 0 unspecified atom stereocenters. The minimum atomic E-state index is 0.0556. The van der Waals surface area contributed by atoms with E-state index in [2.05, 4.69) is 31.2 Å². The maximum Gasteiger partial charge on any atom is 0.202 e. The van der Waals surface area contributed by atoms with Gasteiger partial charge in [-0.3, -0.25) is 4.79 Å². The quantitative estimate of drug-likeness (QED) is 0.629. The molecular weight excluding hydrogens is 292 g/mol. The Hall–Kier alpha value is -2.39. The van der Waals surface area contributed by atoms with Crippen LogP contribution in [0, 0.1) is 6.92 Å². The molecule has 110 valence electrons. The second-order valence-electron chi connectivity index (χ2n) is 5.11. The fourth-order valence-electron chi connectivity index (χ4n) is 2.10. The first-order chi connectivity index (χ1) is 10.7. The predicted molar refractivity (Wildman–Crippen MR) is 89.7 cm³/mol. The number of benzene rings is 2. The van der Waals surface area contributed by atoms with Crippen LogP contribution in [0.2, 0.25) is 0 Å². The van der Waals surface area contributed by atoms with E-state index in [9.17, 15) is 4.79 Å². The lowest BCUT2D eigenvalue weighted by Crippen LogP contribution is -1.99. The zero-order valence-corrected chi connectivity index (χ0v) is 13.1. The van der Waals surface area contributed by atoms with Gasteiger partial charge in [-0.05, 0) is 48.2 Å². The van der Waals surface area contributed by atoms with E-state index in [1.165, 1.54) is 16.9 Å². The molecule has 2 aromatic carbocycles. The summed E-state index contributed by atoms with van der Waals surface area (Å²) in [5.41, 5.74) is 3.05. The fraction of sp³-hybridized carbons (Fsp3) is 0.105. The first kappa shape index (κ1) is 14.5. The van der Waals surface area contributed by atoms with Gasteiger partial charge in [-0.1, -0.05) is 35.9 Å². The number of hydrogen-bond donors (Lipinski definition) is 0. The number of rotatable bonds is 5. The van der Waals surface area contributed by atoms with Gasteiger partial charge in [0.15, 0.2) is 0 Å². The Kier molecular flexibility index (Phi) is 4.35. The standard InChI is InChI=1S/C19H16O2S/c1-14-4-6-15(7-5-14)13-21-17-10-8-16(9-11-17)19(20)18-3-2-12-22-18/h2-12H,13H2,1H3. The largest absolute Gasteiger partial charge is 0.489 e. The number of aryl methyl sites for hydroxylation is 1. The van der Waals surface area contributed by atoms with Crippen molar-refractivity contribution in [2.75, 3.05) is 0 Å². The molecule has 22 heavy (non-hydrogen) atoms. The average Bonchev–Trinajstić information content (AvgIpc) is 3.09. The minimum absolute atomic E-state index is 0.0556. The third-order valence-electron chi connectivity index (χ3n) is 3.39. The number of carbonyl (C=O) groups is 1. The van der Waals surface area contributed by atoms with Crippen molar-refractivity contribution in [2.24, 2.45) is 0 Å². The lowest BCUT2D eigenvalue weighted by Gasteiger charge is -2.07. The molecule has 0 radical (unpaired) electrons. The zero-order chi connectivity index (χ0) is 15.4. The van der Waals surface area contributed by atoms with Crippen LogP contribution >= 0.6 is 11.3 Å². The molecule has 0 aliphatic rings. The van der Waals surface area contributed by atoms with Crippen molar-refractivity contribution < 1.29 is 9.53 Å². The molecule has 0 atom stereocenters. The molecule has 0 spiro atoms. The SMILES string of the molecule is Cc1ccc(COc2ccc(C(=O)c3cccs3)cc2)cc1. The highest BCUT2D eigenvalue weighted by molar-refractivity contribution is 7.12. The van der Waals surface area contributed by atoms with Crippen LogP contribution in [-0.2, 0) is 6.61 Å². The van der Waals surface area contributed by atoms with Gasteiger partial charge in [0.25, 0.3) is 0 Å². The van der Waals surface area contributed by atoms with Crippen molar-refractivity contribution in [1.29, 1.82) is 0 Å². The summed E-state index contributed by atoms with van der Waals surface area (Å²) in [6.07, 6.45) is 0. The van der Waals surface area contributed by atoms with Crippen LogP contribution in [0.3, 0.4) is 0 Å². The maximum absolute atomic E-state index is 12.2. The van der Waals surface area contributed by atoms with Crippen LogP contribution < -0.4 is 4.74 Å². The Labute approximate surface area is 134 Å². The number of ether oxygens (including phenoxy) is 1. The zero-order valence-electron chi connectivity index (χ0n) is 12.3. The van der Waals surface area contributed by atoms with Gasteiger partial charge in [-0.2, -0.15) is 0 Å². The molecule has 0 bridgehead atoms. The molecule has 2 nitrogen and oxygen atoms in total. The Morgan fingerprint density at radius 2 is 1.73 bits per heavy atom. The molecule has 1 aromatic heterocycles. The van der Waals surface area contributed by atoms with E-state index < -0.39 is 0 Å². The summed E-state index contributed by atoms with van der Waals surface area (Å²) in [6.45, 7) is 2.59. The van der Waals surface area contributed by atoms with Crippen molar-refractivity contribution in [1.82, 2.24) is 0 Å². The lowest BCUT2D eigenvalue weighted by atomic mass is 10.1. The minimum Gasteiger partial charge on any atom is -0.489 e. The average molecular weight is 308 g/mol. The second kappa shape index (κ2) is 6.58. The maximum atomic E-state index is 12.2. The lowest BCUT2D eigenvalue weighted by molar-refractivity contribution is 0.104. The molecule has 3 rings (SSSR count). The molecule has 3 heteroatoms. The van der Waals surface area contributed by atoms with Crippen LogP contribution in [0.15, 0.2) is 66.0 Å². The monoisotopic (exact) mass is 308 g/mol.